The molecule has 184 valence electrons. The highest BCUT2D eigenvalue weighted by Crippen LogP contribution is 2.29. The van der Waals surface area contributed by atoms with Crippen molar-refractivity contribution in [2.75, 3.05) is 56.2 Å². The number of aliphatic hydroxyl groups is 1. The topological polar surface area (TPSA) is 143 Å². The molecule has 0 radical (unpaired) electrons. The molecule has 4 rings (SSSR count). The van der Waals surface area contributed by atoms with Crippen LogP contribution in [0.25, 0.3) is 11.3 Å². The van der Waals surface area contributed by atoms with Crippen LogP contribution in [0.5, 0.6) is 0 Å². The predicted octanol–water partition coefficient (Wildman–Crippen LogP) is 0.437. The van der Waals surface area contributed by atoms with E-state index in [1.807, 2.05) is 26.8 Å². The fraction of sp³-hybridized carbons (Fsp3) is 0.609. The first-order valence-corrected chi connectivity index (χ1v) is 11.7. The predicted molar refractivity (Wildman–Crippen MR) is 128 cm³/mol. The van der Waals surface area contributed by atoms with Crippen molar-refractivity contribution >= 4 is 17.7 Å². The van der Waals surface area contributed by atoms with Gasteiger partial charge in [-0.25, -0.2) is 15.0 Å². The fourth-order valence-corrected chi connectivity index (χ4v) is 4.17. The molecule has 2 aliphatic rings. The number of morpholine rings is 1. The normalized spacial score (nSPS) is 21.7. The number of carbonyl (C=O) groups is 1. The number of rotatable bonds is 7. The van der Waals surface area contributed by atoms with Gasteiger partial charge in [0.1, 0.15) is 11.6 Å². The van der Waals surface area contributed by atoms with Crippen LogP contribution in [0.4, 0.5) is 11.8 Å². The van der Waals surface area contributed by atoms with Gasteiger partial charge in [0.2, 0.25) is 11.9 Å². The molecule has 2 aromatic rings. The summed E-state index contributed by atoms with van der Waals surface area (Å²) in [6.45, 7) is 9.01. The molecule has 2 aromatic heterocycles. The van der Waals surface area contributed by atoms with Crippen molar-refractivity contribution in [1.29, 1.82) is 0 Å². The Labute approximate surface area is 199 Å². The number of hydrogen-bond donors (Lipinski definition) is 3. The molecular weight excluding hydrogens is 436 g/mol. The van der Waals surface area contributed by atoms with Crippen LogP contribution in [0, 0.1) is 12.8 Å². The smallest absolute Gasteiger partial charge is 0.239 e. The monoisotopic (exact) mass is 470 g/mol. The summed E-state index contributed by atoms with van der Waals surface area (Å²) in [4.78, 5) is 34.7. The zero-order valence-corrected chi connectivity index (χ0v) is 20.1. The summed E-state index contributed by atoms with van der Waals surface area (Å²) < 4.78 is 5.48. The van der Waals surface area contributed by atoms with Gasteiger partial charge in [0.05, 0.1) is 37.1 Å². The van der Waals surface area contributed by atoms with Crippen LogP contribution in [0.15, 0.2) is 18.5 Å². The Morgan fingerprint density at radius 3 is 2.59 bits per heavy atom. The lowest BCUT2D eigenvalue weighted by atomic mass is 9.99. The number of ether oxygens (including phenoxy) is 1. The summed E-state index contributed by atoms with van der Waals surface area (Å²) in [5.74, 6) is 1.77. The van der Waals surface area contributed by atoms with Gasteiger partial charge < -0.3 is 30.7 Å². The van der Waals surface area contributed by atoms with Crippen molar-refractivity contribution in [3.8, 4) is 11.3 Å². The largest absolute Gasteiger partial charge is 0.394 e. The highest BCUT2D eigenvalue weighted by atomic mass is 16.5. The summed E-state index contributed by atoms with van der Waals surface area (Å²) in [7, 11) is 0. The van der Waals surface area contributed by atoms with Gasteiger partial charge in [-0.15, -0.1) is 0 Å². The molecule has 34 heavy (non-hydrogen) atoms. The Hall–Kier alpha value is -2.89. The molecular formula is C23H34N8O3. The number of nitrogens with zero attached hydrogens (tertiary/aromatic N) is 6. The maximum Gasteiger partial charge on any atom is 0.239 e. The van der Waals surface area contributed by atoms with Crippen molar-refractivity contribution in [2.45, 2.75) is 38.8 Å². The number of nitrogens with two attached hydrogens (primary N) is 1. The second-order valence-electron chi connectivity index (χ2n) is 9.40. The molecule has 0 bridgehead atoms. The number of aliphatic hydroxyl groups excluding tert-OH is 1. The molecule has 4 N–H and O–H groups in total. The lowest BCUT2D eigenvalue weighted by molar-refractivity contribution is -0.132. The maximum atomic E-state index is 12.8. The fourth-order valence-electron chi connectivity index (χ4n) is 4.17. The Kier molecular flexibility index (Phi) is 7.24. The van der Waals surface area contributed by atoms with Crippen LogP contribution >= 0.6 is 0 Å². The molecule has 11 nitrogen and oxygen atoms in total. The summed E-state index contributed by atoms with van der Waals surface area (Å²) in [6, 6.07) is 1.27. The van der Waals surface area contributed by atoms with E-state index in [1.165, 1.54) is 0 Å². The lowest BCUT2D eigenvalue weighted by Gasteiger charge is -2.31. The molecule has 2 fully saturated rings. The van der Waals surface area contributed by atoms with Gasteiger partial charge in [-0.1, -0.05) is 13.8 Å². The van der Waals surface area contributed by atoms with Crippen molar-refractivity contribution in [2.24, 2.45) is 11.7 Å². The van der Waals surface area contributed by atoms with E-state index in [-0.39, 0.29) is 18.4 Å². The van der Waals surface area contributed by atoms with E-state index in [1.54, 1.807) is 17.3 Å². The molecule has 2 aliphatic heterocycles. The second-order valence-corrected chi connectivity index (χ2v) is 9.40. The number of hydrogen-bond acceptors (Lipinski definition) is 10. The van der Waals surface area contributed by atoms with E-state index in [9.17, 15) is 9.90 Å². The number of aromatic nitrogens is 4. The van der Waals surface area contributed by atoms with Gasteiger partial charge in [0, 0.05) is 50.2 Å². The average Bonchev–Trinajstić information content (AvgIpc) is 3.28. The summed E-state index contributed by atoms with van der Waals surface area (Å²) >= 11 is 0. The molecule has 1 amide bonds. The first-order chi connectivity index (χ1) is 16.3. The van der Waals surface area contributed by atoms with Crippen molar-refractivity contribution < 1.29 is 14.6 Å². The van der Waals surface area contributed by atoms with E-state index in [4.69, 9.17) is 20.4 Å². The average molecular weight is 471 g/mol. The Morgan fingerprint density at radius 2 is 1.94 bits per heavy atom. The van der Waals surface area contributed by atoms with Gasteiger partial charge >= 0.3 is 0 Å². The van der Waals surface area contributed by atoms with Crippen LogP contribution in [-0.2, 0) is 9.53 Å². The number of anilines is 2. The molecule has 2 atom stereocenters. The van der Waals surface area contributed by atoms with Crippen LogP contribution < -0.4 is 16.0 Å². The Morgan fingerprint density at radius 1 is 1.24 bits per heavy atom. The molecule has 0 spiro atoms. The van der Waals surface area contributed by atoms with Gasteiger partial charge in [-0.2, -0.15) is 4.98 Å². The third-order valence-corrected chi connectivity index (χ3v) is 6.45. The standard InChI is InChI=1S/C23H34N8O3/c1-15(2)20(24)21(33)31-5-4-23(13-31,14-32)29-19-10-18(17-11-25-16(3)26-12-17)27-22(28-19)30-6-8-34-9-7-30/h10-12,15,20,32H,4-9,13-14,24H2,1-3H3,(H,27,28,29)/t20-,23+/m1/s1. The molecule has 0 aliphatic carbocycles. The molecule has 2 saturated heterocycles. The third-order valence-electron chi connectivity index (χ3n) is 6.45. The van der Waals surface area contributed by atoms with Crippen molar-refractivity contribution in [1.82, 2.24) is 24.8 Å². The number of amides is 1. The van der Waals surface area contributed by atoms with E-state index in [0.717, 1.165) is 5.56 Å². The Bertz CT molecular complexity index is 996. The van der Waals surface area contributed by atoms with Gasteiger partial charge in [0.25, 0.3) is 0 Å². The minimum absolute atomic E-state index is 0.0433. The second kappa shape index (κ2) is 10.2. The first-order valence-electron chi connectivity index (χ1n) is 11.7. The first kappa shape index (κ1) is 24.2. The van der Waals surface area contributed by atoms with Crippen LogP contribution in [0.2, 0.25) is 0 Å². The number of aryl methyl sites for hydroxylation is 1. The minimum atomic E-state index is -0.718. The summed E-state index contributed by atoms with van der Waals surface area (Å²) in [5.41, 5.74) is 6.83. The quantitative estimate of drug-likeness (QED) is 0.521. The highest BCUT2D eigenvalue weighted by Gasteiger charge is 2.41. The van der Waals surface area contributed by atoms with Gasteiger partial charge in [-0.05, 0) is 19.3 Å². The van der Waals surface area contributed by atoms with E-state index in [0.29, 0.717) is 69.1 Å². The Balaban J connectivity index is 1.62. The van der Waals surface area contributed by atoms with E-state index < -0.39 is 11.6 Å². The van der Waals surface area contributed by atoms with Gasteiger partial charge in [-0.3, -0.25) is 4.79 Å². The van der Waals surface area contributed by atoms with E-state index in [2.05, 4.69) is 20.2 Å². The lowest BCUT2D eigenvalue weighted by Crippen LogP contribution is -2.50. The van der Waals surface area contributed by atoms with Crippen LogP contribution in [-0.4, -0.2) is 93.4 Å². The van der Waals surface area contributed by atoms with Crippen molar-refractivity contribution in [3.05, 3.63) is 24.3 Å². The zero-order valence-electron chi connectivity index (χ0n) is 20.1. The molecule has 4 heterocycles. The molecule has 0 aromatic carbocycles. The van der Waals surface area contributed by atoms with E-state index >= 15 is 0 Å². The molecule has 0 unspecified atom stereocenters. The summed E-state index contributed by atoms with van der Waals surface area (Å²) in [5, 5.41) is 13.8. The molecule has 11 heteroatoms. The third kappa shape index (κ3) is 5.26. The summed E-state index contributed by atoms with van der Waals surface area (Å²) in [6.07, 6.45) is 4.06. The minimum Gasteiger partial charge on any atom is -0.394 e. The maximum absolute atomic E-state index is 12.8. The molecule has 0 saturated carbocycles. The van der Waals surface area contributed by atoms with Gasteiger partial charge in [0.15, 0.2) is 0 Å². The number of carbonyl (C=O) groups excluding carboxylic acids is 1. The van der Waals surface area contributed by atoms with Crippen molar-refractivity contribution in [3.63, 3.8) is 0 Å². The number of nitrogens with one attached hydrogen (secondary N) is 1. The van der Waals surface area contributed by atoms with Crippen LogP contribution in [0.3, 0.4) is 0 Å². The highest BCUT2D eigenvalue weighted by molar-refractivity contribution is 5.82. The SMILES string of the molecule is Cc1ncc(-c2cc(N[C@@]3(CO)CCN(C(=O)[C@H](N)C(C)C)C3)nc(N3CCOCC3)n2)cn1. The zero-order chi connectivity index (χ0) is 24.3. The van der Waals surface area contributed by atoms with Crippen LogP contribution in [0.1, 0.15) is 26.1 Å². The number of likely N-dealkylation sites (tertiary alicyclic amines) is 1.